The molecule has 5 nitrogen and oxygen atoms in total. The average molecular weight is 277 g/mol. The molecule has 0 saturated heterocycles. The predicted molar refractivity (Wildman–Crippen MR) is 78.6 cm³/mol. The summed E-state index contributed by atoms with van der Waals surface area (Å²) in [6.07, 6.45) is 3.79. The van der Waals surface area contributed by atoms with E-state index in [0.717, 1.165) is 6.42 Å². The summed E-state index contributed by atoms with van der Waals surface area (Å²) in [4.78, 5) is 27.9. The number of hydrogen-bond acceptors (Lipinski definition) is 3. The maximum absolute atomic E-state index is 12.0. The van der Waals surface area contributed by atoms with E-state index in [4.69, 9.17) is 0 Å². The van der Waals surface area contributed by atoms with Crippen LogP contribution in [0.2, 0.25) is 0 Å². The average Bonchev–Trinajstić information content (AvgIpc) is 2.44. The third kappa shape index (κ3) is 4.99. The Bertz CT molecular complexity index is 472. The van der Waals surface area contributed by atoms with Crippen LogP contribution >= 0.6 is 0 Å². The van der Waals surface area contributed by atoms with Gasteiger partial charge in [-0.25, -0.2) is 0 Å². The van der Waals surface area contributed by atoms with Crippen molar-refractivity contribution in [3.05, 3.63) is 29.6 Å². The van der Waals surface area contributed by atoms with Crippen LogP contribution in [-0.4, -0.2) is 29.4 Å². The van der Waals surface area contributed by atoms with Crippen LogP contribution in [0.4, 0.5) is 0 Å². The number of hydrogen-bond donors (Lipinski definition) is 2. The molecule has 2 amide bonds. The number of pyridine rings is 1. The molecule has 0 radical (unpaired) electrons. The fourth-order valence-corrected chi connectivity index (χ4v) is 1.50. The van der Waals surface area contributed by atoms with Gasteiger partial charge in [0.05, 0.1) is 11.1 Å². The molecule has 1 heterocycles. The Hall–Kier alpha value is -1.91. The second kappa shape index (κ2) is 7.62. The molecule has 0 aromatic carbocycles. The van der Waals surface area contributed by atoms with Crippen molar-refractivity contribution in [3.63, 3.8) is 0 Å². The summed E-state index contributed by atoms with van der Waals surface area (Å²) in [5.74, 6) is -0.0291. The molecule has 1 aromatic rings. The van der Waals surface area contributed by atoms with E-state index in [1.165, 1.54) is 12.4 Å². The van der Waals surface area contributed by atoms with E-state index in [0.29, 0.717) is 23.6 Å². The third-order valence-electron chi connectivity index (χ3n) is 2.92. The Morgan fingerprint density at radius 3 is 2.30 bits per heavy atom. The van der Waals surface area contributed by atoms with Crippen LogP contribution in [-0.2, 0) is 0 Å². The van der Waals surface area contributed by atoms with Gasteiger partial charge >= 0.3 is 0 Å². The molecular formula is C15H23N3O2. The van der Waals surface area contributed by atoms with Gasteiger partial charge in [-0.2, -0.15) is 0 Å². The third-order valence-corrected chi connectivity index (χ3v) is 2.92. The van der Waals surface area contributed by atoms with Crippen LogP contribution in [0.5, 0.6) is 0 Å². The van der Waals surface area contributed by atoms with Crippen LogP contribution in [0.15, 0.2) is 18.5 Å². The normalized spacial score (nSPS) is 12.1. The molecule has 2 N–H and O–H groups in total. The number of nitrogens with zero attached hydrogens (tertiary/aromatic N) is 1. The Morgan fingerprint density at radius 1 is 1.15 bits per heavy atom. The van der Waals surface area contributed by atoms with Crippen LogP contribution in [0, 0.1) is 5.92 Å². The minimum Gasteiger partial charge on any atom is -0.352 e. The van der Waals surface area contributed by atoms with E-state index in [1.807, 2.05) is 27.7 Å². The van der Waals surface area contributed by atoms with E-state index in [-0.39, 0.29) is 17.9 Å². The van der Waals surface area contributed by atoms with Gasteiger partial charge < -0.3 is 10.6 Å². The monoisotopic (exact) mass is 277 g/mol. The number of carbonyl (C=O) groups excluding carboxylic acids is 2. The highest BCUT2D eigenvalue weighted by molar-refractivity contribution is 5.99. The smallest absolute Gasteiger partial charge is 0.253 e. The van der Waals surface area contributed by atoms with E-state index >= 15 is 0 Å². The van der Waals surface area contributed by atoms with Crippen molar-refractivity contribution in [1.29, 1.82) is 0 Å². The summed E-state index contributed by atoms with van der Waals surface area (Å²) in [5.41, 5.74) is 0.810. The zero-order valence-corrected chi connectivity index (χ0v) is 12.6. The fourth-order valence-electron chi connectivity index (χ4n) is 1.50. The lowest BCUT2D eigenvalue weighted by Crippen LogP contribution is -2.32. The molecule has 0 fully saturated rings. The molecule has 0 aliphatic heterocycles. The summed E-state index contributed by atoms with van der Waals surface area (Å²) in [6.45, 7) is 8.58. The number of rotatable bonds is 6. The van der Waals surface area contributed by atoms with Crippen molar-refractivity contribution >= 4 is 11.8 Å². The zero-order valence-electron chi connectivity index (χ0n) is 12.6. The molecule has 1 rings (SSSR count). The standard InChI is InChI=1S/C15H23N3O2/c1-5-11(4)18-15(20)13-6-12(8-16-9-13)14(19)17-7-10(2)3/h6,8-11H,5,7H2,1-4H3,(H,17,19)(H,18,20). The van der Waals surface area contributed by atoms with Crippen molar-refractivity contribution in [3.8, 4) is 0 Å². The molecule has 0 bridgehead atoms. The predicted octanol–water partition coefficient (Wildman–Crippen LogP) is 2.00. The molecule has 0 aliphatic rings. The first-order valence-electron chi connectivity index (χ1n) is 6.98. The van der Waals surface area contributed by atoms with Crippen LogP contribution in [0.25, 0.3) is 0 Å². The molecule has 1 unspecified atom stereocenters. The SMILES string of the molecule is CCC(C)NC(=O)c1cncc(C(=O)NCC(C)C)c1. The van der Waals surface area contributed by atoms with Crippen molar-refractivity contribution in [2.45, 2.75) is 40.2 Å². The minimum absolute atomic E-state index is 0.0981. The Kier molecular flexibility index (Phi) is 6.15. The van der Waals surface area contributed by atoms with Gasteiger partial charge in [-0.3, -0.25) is 14.6 Å². The lowest BCUT2D eigenvalue weighted by atomic mass is 10.1. The number of amides is 2. The first kappa shape index (κ1) is 16.1. The van der Waals surface area contributed by atoms with E-state index < -0.39 is 0 Å². The van der Waals surface area contributed by atoms with Gasteiger partial charge in [-0.15, -0.1) is 0 Å². The first-order chi connectivity index (χ1) is 9.43. The molecule has 1 aromatic heterocycles. The molecular weight excluding hydrogens is 254 g/mol. The van der Waals surface area contributed by atoms with Gasteiger partial charge in [0, 0.05) is 25.0 Å². The van der Waals surface area contributed by atoms with Crippen LogP contribution < -0.4 is 10.6 Å². The molecule has 110 valence electrons. The van der Waals surface area contributed by atoms with E-state index in [1.54, 1.807) is 6.07 Å². The fraction of sp³-hybridized carbons (Fsp3) is 0.533. The van der Waals surface area contributed by atoms with E-state index in [2.05, 4.69) is 15.6 Å². The highest BCUT2D eigenvalue weighted by Crippen LogP contribution is 2.04. The van der Waals surface area contributed by atoms with Gasteiger partial charge in [-0.05, 0) is 25.3 Å². The quantitative estimate of drug-likeness (QED) is 0.835. The van der Waals surface area contributed by atoms with Crippen LogP contribution in [0.1, 0.15) is 54.8 Å². The summed E-state index contributed by atoms with van der Waals surface area (Å²) in [5, 5.41) is 5.66. The molecule has 0 saturated carbocycles. The topological polar surface area (TPSA) is 71.1 Å². The molecule has 5 heteroatoms. The van der Waals surface area contributed by atoms with Crippen molar-refractivity contribution < 1.29 is 9.59 Å². The summed E-state index contributed by atoms with van der Waals surface area (Å²) < 4.78 is 0. The number of aromatic nitrogens is 1. The first-order valence-corrected chi connectivity index (χ1v) is 6.98. The molecule has 0 spiro atoms. The minimum atomic E-state index is -0.204. The summed E-state index contributed by atoms with van der Waals surface area (Å²) in [7, 11) is 0. The van der Waals surface area contributed by atoms with E-state index in [9.17, 15) is 9.59 Å². The second-order valence-electron chi connectivity index (χ2n) is 5.35. The number of carbonyl (C=O) groups is 2. The Balaban J connectivity index is 2.74. The van der Waals surface area contributed by atoms with Gasteiger partial charge in [0.15, 0.2) is 0 Å². The lowest BCUT2D eigenvalue weighted by Gasteiger charge is -2.12. The lowest BCUT2D eigenvalue weighted by molar-refractivity contribution is 0.0939. The Morgan fingerprint density at radius 2 is 1.75 bits per heavy atom. The van der Waals surface area contributed by atoms with Gasteiger partial charge in [0.25, 0.3) is 11.8 Å². The summed E-state index contributed by atoms with van der Waals surface area (Å²) >= 11 is 0. The second-order valence-corrected chi connectivity index (χ2v) is 5.35. The highest BCUT2D eigenvalue weighted by atomic mass is 16.2. The largest absolute Gasteiger partial charge is 0.352 e. The van der Waals surface area contributed by atoms with Crippen molar-refractivity contribution in [1.82, 2.24) is 15.6 Å². The van der Waals surface area contributed by atoms with Crippen molar-refractivity contribution in [2.24, 2.45) is 5.92 Å². The molecule has 20 heavy (non-hydrogen) atoms. The maximum atomic E-state index is 12.0. The number of nitrogens with one attached hydrogen (secondary N) is 2. The van der Waals surface area contributed by atoms with Gasteiger partial charge in [0.1, 0.15) is 0 Å². The zero-order chi connectivity index (χ0) is 15.1. The van der Waals surface area contributed by atoms with Gasteiger partial charge in [-0.1, -0.05) is 20.8 Å². The molecule has 1 atom stereocenters. The maximum Gasteiger partial charge on any atom is 0.253 e. The summed E-state index contributed by atoms with van der Waals surface area (Å²) in [6, 6.07) is 1.67. The van der Waals surface area contributed by atoms with Crippen LogP contribution in [0.3, 0.4) is 0 Å². The van der Waals surface area contributed by atoms with Crippen molar-refractivity contribution in [2.75, 3.05) is 6.54 Å². The molecule has 0 aliphatic carbocycles. The van der Waals surface area contributed by atoms with Gasteiger partial charge in [0.2, 0.25) is 0 Å². The highest BCUT2D eigenvalue weighted by Gasteiger charge is 2.12. The Labute approximate surface area is 120 Å².